The quantitative estimate of drug-likeness (QED) is 0.809. The summed E-state index contributed by atoms with van der Waals surface area (Å²) in [5.74, 6) is 1.50. The largest absolute Gasteiger partial charge is 0.379 e. The number of nitrogens with zero attached hydrogens (tertiary/aromatic N) is 3. The van der Waals surface area contributed by atoms with Crippen LogP contribution in [-0.2, 0) is 4.74 Å². The Labute approximate surface area is 166 Å². The second-order valence-electron chi connectivity index (χ2n) is 8.13. The molecule has 1 aromatic carbocycles. The van der Waals surface area contributed by atoms with Crippen molar-refractivity contribution in [1.29, 1.82) is 5.26 Å². The van der Waals surface area contributed by atoms with Gasteiger partial charge in [-0.1, -0.05) is 6.07 Å². The summed E-state index contributed by atoms with van der Waals surface area (Å²) in [6.45, 7) is 7.97. The fourth-order valence-corrected chi connectivity index (χ4v) is 4.84. The topological polar surface area (TPSA) is 80.6 Å². The third-order valence-electron chi connectivity index (χ3n) is 6.36. The van der Waals surface area contributed by atoms with E-state index in [0.717, 1.165) is 51.2 Å². The van der Waals surface area contributed by atoms with Gasteiger partial charge in [0.15, 0.2) is 0 Å². The van der Waals surface area contributed by atoms with Crippen LogP contribution in [-0.4, -0.2) is 74.4 Å². The van der Waals surface area contributed by atoms with Gasteiger partial charge in [0.05, 0.1) is 24.8 Å². The molecule has 1 aromatic rings. The lowest BCUT2D eigenvalue weighted by Crippen LogP contribution is -2.59. The van der Waals surface area contributed by atoms with Crippen molar-refractivity contribution in [2.45, 2.75) is 18.9 Å². The molecule has 2 amide bonds. The van der Waals surface area contributed by atoms with Gasteiger partial charge in [0.1, 0.15) is 0 Å². The molecule has 0 aliphatic carbocycles. The van der Waals surface area contributed by atoms with E-state index in [1.165, 1.54) is 19.4 Å². The number of fused-ring (bicyclic) bond motifs is 3. The van der Waals surface area contributed by atoms with Crippen LogP contribution >= 0.6 is 0 Å². The van der Waals surface area contributed by atoms with E-state index in [1.807, 2.05) is 0 Å². The minimum absolute atomic E-state index is 0.206. The van der Waals surface area contributed by atoms with Crippen molar-refractivity contribution in [3.8, 4) is 6.07 Å². The summed E-state index contributed by atoms with van der Waals surface area (Å²) in [5.41, 5.74) is 1.19. The Morgan fingerprint density at radius 1 is 1.29 bits per heavy atom. The summed E-state index contributed by atoms with van der Waals surface area (Å²) in [4.78, 5) is 17.4. The van der Waals surface area contributed by atoms with Gasteiger partial charge in [0, 0.05) is 44.5 Å². The van der Waals surface area contributed by atoms with Crippen LogP contribution in [0.3, 0.4) is 0 Å². The zero-order valence-electron chi connectivity index (χ0n) is 16.3. The molecule has 7 heteroatoms. The Hall–Kier alpha value is -2.14. The Morgan fingerprint density at radius 2 is 2.14 bits per heavy atom. The zero-order chi connectivity index (χ0) is 19.3. The molecule has 2 bridgehead atoms. The first-order chi connectivity index (χ1) is 13.7. The number of hydrogen-bond acceptors (Lipinski definition) is 5. The van der Waals surface area contributed by atoms with E-state index in [4.69, 9.17) is 10.00 Å². The predicted molar refractivity (Wildman–Crippen MR) is 107 cm³/mol. The number of hydrogen-bond donors (Lipinski definition) is 2. The molecule has 4 aliphatic heterocycles. The van der Waals surface area contributed by atoms with E-state index in [1.54, 1.807) is 24.3 Å². The normalized spacial score (nSPS) is 29.8. The van der Waals surface area contributed by atoms with E-state index in [-0.39, 0.29) is 6.03 Å². The molecule has 4 atom stereocenters. The molecule has 1 unspecified atom stereocenters. The predicted octanol–water partition coefficient (Wildman–Crippen LogP) is 1.72. The van der Waals surface area contributed by atoms with E-state index >= 15 is 0 Å². The van der Waals surface area contributed by atoms with Gasteiger partial charge in [-0.3, -0.25) is 9.80 Å². The molecule has 4 saturated heterocycles. The number of amides is 2. The molecular weight excluding hydrogens is 354 g/mol. The Bertz CT molecular complexity index is 728. The van der Waals surface area contributed by atoms with Gasteiger partial charge < -0.3 is 15.4 Å². The van der Waals surface area contributed by atoms with Crippen molar-refractivity contribution in [3.63, 3.8) is 0 Å². The first-order valence-corrected chi connectivity index (χ1v) is 10.3. The van der Waals surface area contributed by atoms with Gasteiger partial charge in [-0.15, -0.1) is 0 Å². The van der Waals surface area contributed by atoms with Crippen molar-refractivity contribution in [1.82, 2.24) is 15.1 Å². The second-order valence-corrected chi connectivity index (χ2v) is 8.13. The minimum atomic E-state index is -0.206. The Morgan fingerprint density at radius 3 is 2.89 bits per heavy atom. The lowest BCUT2D eigenvalue weighted by Gasteiger charge is -2.51. The zero-order valence-corrected chi connectivity index (χ0v) is 16.3. The van der Waals surface area contributed by atoms with E-state index in [0.29, 0.717) is 23.8 Å². The van der Waals surface area contributed by atoms with Crippen LogP contribution < -0.4 is 10.6 Å². The van der Waals surface area contributed by atoms with Gasteiger partial charge in [0.2, 0.25) is 0 Å². The summed E-state index contributed by atoms with van der Waals surface area (Å²) in [5, 5.41) is 14.8. The van der Waals surface area contributed by atoms with Crippen LogP contribution in [0.4, 0.5) is 10.5 Å². The SMILES string of the molecule is N#Cc1cccc(NC(=O)NC[C@H]2C[C@@H]3CCN2C[C@@H]3CN2CCOCC2)c1. The van der Waals surface area contributed by atoms with E-state index < -0.39 is 0 Å². The van der Waals surface area contributed by atoms with Crippen molar-refractivity contribution >= 4 is 11.7 Å². The standard InChI is InChI=1S/C21H29N5O2/c22-12-16-2-1-3-19(10-16)24-21(27)23-13-20-11-17-4-5-26(20)15-18(17)14-25-6-8-28-9-7-25/h1-3,10,17-18,20H,4-9,11,13-15H2,(H2,23,24,27)/t17-,18-,20+/m0/s1. The number of carbonyl (C=O) groups excluding carboxylic acids is 1. The minimum Gasteiger partial charge on any atom is -0.379 e. The average molecular weight is 383 g/mol. The first kappa shape index (κ1) is 19.2. The summed E-state index contributed by atoms with van der Waals surface area (Å²) in [6.07, 6.45) is 2.44. The highest BCUT2D eigenvalue weighted by Gasteiger charge is 2.40. The molecule has 2 N–H and O–H groups in total. The van der Waals surface area contributed by atoms with Crippen LogP contribution in [0.1, 0.15) is 18.4 Å². The molecule has 150 valence electrons. The van der Waals surface area contributed by atoms with Crippen molar-refractivity contribution in [3.05, 3.63) is 29.8 Å². The second kappa shape index (κ2) is 8.91. The summed E-state index contributed by atoms with van der Waals surface area (Å²) < 4.78 is 5.46. The number of morpholine rings is 1. The van der Waals surface area contributed by atoms with E-state index in [2.05, 4.69) is 26.5 Å². The van der Waals surface area contributed by atoms with Crippen LogP contribution in [0.5, 0.6) is 0 Å². The number of carbonyl (C=O) groups is 1. The smallest absolute Gasteiger partial charge is 0.319 e. The van der Waals surface area contributed by atoms with Gasteiger partial charge in [-0.2, -0.15) is 5.26 Å². The molecular formula is C21H29N5O2. The molecule has 0 aromatic heterocycles. The number of benzene rings is 1. The van der Waals surface area contributed by atoms with Crippen molar-refractivity contribution < 1.29 is 9.53 Å². The Kier molecular flexibility index (Phi) is 6.10. The number of urea groups is 1. The third-order valence-corrected chi connectivity index (χ3v) is 6.36. The van der Waals surface area contributed by atoms with E-state index in [9.17, 15) is 4.79 Å². The molecule has 0 saturated carbocycles. The highest BCUT2D eigenvalue weighted by molar-refractivity contribution is 5.89. The van der Waals surface area contributed by atoms with Gasteiger partial charge in [0.25, 0.3) is 0 Å². The first-order valence-electron chi connectivity index (χ1n) is 10.3. The van der Waals surface area contributed by atoms with Gasteiger partial charge >= 0.3 is 6.03 Å². The Balaban J connectivity index is 1.24. The van der Waals surface area contributed by atoms with Crippen LogP contribution in [0, 0.1) is 23.2 Å². The molecule has 0 radical (unpaired) electrons. The number of piperidine rings is 3. The fourth-order valence-electron chi connectivity index (χ4n) is 4.84. The summed E-state index contributed by atoms with van der Waals surface area (Å²) in [7, 11) is 0. The van der Waals surface area contributed by atoms with Crippen LogP contribution in [0.15, 0.2) is 24.3 Å². The summed E-state index contributed by atoms with van der Waals surface area (Å²) in [6, 6.07) is 9.28. The lowest BCUT2D eigenvalue weighted by atomic mass is 9.75. The molecule has 4 fully saturated rings. The third kappa shape index (κ3) is 4.64. The highest BCUT2D eigenvalue weighted by atomic mass is 16.5. The van der Waals surface area contributed by atoms with Crippen molar-refractivity contribution in [2.75, 3.05) is 57.8 Å². The summed E-state index contributed by atoms with van der Waals surface area (Å²) >= 11 is 0. The maximum absolute atomic E-state index is 12.2. The van der Waals surface area contributed by atoms with Crippen molar-refractivity contribution in [2.24, 2.45) is 11.8 Å². The van der Waals surface area contributed by atoms with Crippen LogP contribution in [0.25, 0.3) is 0 Å². The molecule has 4 aliphatic rings. The highest BCUT2D eigenvalue weighted by Crippen LogP contribution is 2.36. The lowest BCUT2D eigenvalue weighted by molar-refractivity contribution is -0.0289. The number of nitrogens with one attached hydrogen (secondary N) is 2. The molecule has 28 heavy (non-hydrogen) atoms. The number of rotatable bonds is 5. The van der Waals surface area contributed by atoms with Gasteiger partial charge in [-0.25, -0.2) is 4.79 Å². The molecule has 5 rings (SSSR count). The molecule has 0 spiro atoms. The van der Waals surface area contributed by atoms with Gasteiger partial charge in [-0.05, 0) is 49.4 Å². The number of anilines is 1. The molecule has 4 heterocycles. The van der Waals surface area contributed by atoms with Crippen LogP contribution in [0.2, 0.25) is 0 Å². The average Bonchev–Trinajstić information content (AvgIpc) is 2.74. The monoisotopic (exact) mass is 383 g/mol. The maximum Gasteiger partial charge on any atom is 0.319 e. The number of nitriles is 1. The fraction of sp³-hybridized carbons (Fsp3) is 0.619. The number of ether oxygens (including phenoxy) is 1. The maximum atomic E-state index is 12.2. The molecule has 7 nitrogen and oxygen atoms in total.